The summed E-state index contributed by atoms with van der Waals surface area (Å²) in [5, 5.41) is 10.8. The first-order valence-corrected chi connectivity index (χ1v) is 11.8. The van der Waals surface area contributed by atoms with Crippen LogP contribution in [0, 0.1) is 27.7 Å². The van der Waals surface area contributed by atoms with Gasteiger partial charge in [-0.1, -0.05) is 24.3 Å². The van der Waals surface area contributed by atoms with E-state index in [2.05, 4.69) is 13.8 Å². The van der Waals surface area contributed by atoms with Gasteiger partial charge in [0, 0.05) is 17.2 Å². The highest BCUT2D eigenvalue weighted by Crippen LogP contribution is 2.33. The molecule has 7 nitrogen and oxygen atoms in total. The lowest BCUT2D eigenvalue weighted by Crippen LogP contribution is -2.14. The number of phenolic OH excluding ortho intramolecular Hbond substituents is 1. The molecule has 0 fully saturated rings. The van der Waals surface area contributed by atoms with E-state index in [0.29, 0.717) is 28.8 Å². The molecule has 0 aliphatic carbocycles. The number of hydrogen-bond donors (Lipinski definition) is 1. The third-order valence-electron chi connectivity index (χ3n) is 6.04. The number of ether oxygens (including phenoxy) is 2. The van der Waals surface area contributed by atoms with Crippen LogP contribution in [0.5, 0.6) is 11.5 Å². The Morgan fingerprint density at radius 1 is 0.750 bits per heavy atom. The highest BCUT2D eigenvalue weighted by Gasteiger charge is 2.16. The first kappa shape index (κ1) is 24.9. The Morgan fingerprint density at radius 3 is 1.81 bits per heavy atom. The number of benzene rings is 3. The fourth-order valence-electron chi connectivity index (χ4n) is 3.65. The monoisotopic (exact) mass is 483 g/mol. The Balaban J connectivity index is 1.78. The SMILES string of the molecule is CCOC(=O)COc1ccc(-c2nc(-c3ccc(C)c(C)c3)nc(-c3ccc(C)c(C)c3)n2)c(O)c1. The number of nitrogens with zero attached hydrogens (tertiary/aromatic N) is 3. The normalized spacial score (nSPS) is 10.8. The van der Waals surface area contributed by atoms with Crippen molar-refractivity contribution < 1.29 is 19.4 Å². The average Bonchev–Trinajstić information content (AvgIpc) is 2.86. The average molecular weight is 484 g/mol. The van der Waals surface area contributed by atoms with Crippen molar-refractivity contribution in [3.63, 3.8) is 0 Å². The van der Waals surface area contributed by atoms with Gasteiger partial charge in [0.2, 0.25) is 0 Å². The lowest BCUT2D eigenvalue weighted by molar-refractivity contribution is -0.145. The predicted octanol–water partition coefficient (Wildman–Crippen LogP) is 5.75. The van der Waals surface area contributed by atoms with Gasteiger partial charge in [-0.15, -0.1) is 0 Å². The smallest absolute Gasteiger partial charge is 0.344 e. The quantitative estimate of drug-likeness (QED) is 0.334. The maximum Gasteiger partial charge on any atom is 0.344 e. The van der Waals surface area contributed by atoms with Crippen molar-refractivity contribution >= 4 is 5.97 Å². The molecule has 0 saturated carbocycles. The highest BCUT2D eigenvalue weighted by molar-refractivity contribution is 5.72. The zero-order chi connectivity index (χ0) is 25.8. The van der Waals surface area contributed by atoms with E-state index in [9.17, 15) is 9.90 Å². The highest BCUT2D eigenvalue weighted by atomic mass is 16.6. The van der Waals surface area contributed by atoms with Crippen molar-refractivity contribution in [3.05, 3.63) is 76.9 Å². The molecule has 0 amide bonds. The summed E-state index contributed by atoms with van der Waals surface area (Å²) in [6.45, 7) is 9.97. The van der Waals surface area contributed by atoms with Gasteiger partial charge in [-0.2, -0.15) is 0 Å². The molecular formula is C29H29N3O4. The van der Waals surface area contributed by atoms with Gasteiger partial charge in [-0.25, -0.2) is 19.7 Å². The summed E-state index contributed by atoms with van der Waals surface area (Å²) in [6, 6.07) is 16.9. The predicted molar refractivity (Wildman–Crippen MR) is 139 cm³/mol. The molecule has 184 valence electrons. The third-order valence-corrected chi connectivity index (χ3v) is 6.04. The van der Waals surface area contributed by atoms with E-state index in [4.69, 9.17) is 24.4 Å². The minimum atomic E-state index is -0.477. The summed E-state index contributed by atoms with van der Waals surface area (Å²) in [5.41, 5.74) is 6.77. The van der Waals surface area contributed by atoms with Gasteiger partial charge in [0.1, 0.15) is 11.5 Å². The second-order valence-corrected chi connectivity index (χ2v) is 8.68. The molecule has 1 N–H and O–H groups in total. The lowest BCUT2D eigenvalue weighted by Gasteiger charge is -2.12. The summed E-state index contributed by atoms with van der Waals surface area (Å²) in [5.74, 6) is 1.15. The molecule has 0 radical (unpaired) electrons. The van der Waals surface area contributed by atoms with Crippen LogP contribution in [0.1, 0.15) is 29.2 Å². The minimum absolute atomic E-state index is 0.0698. The molecule has 3 aromatic carbocycles. The molecule has 1 heterocycles. The summed E-state index contributed by atoms with van der Waals surface area (Å²) in [6.07, 6.45) is 0. The number of aromatic nitrogens is 3. The molecule has 0 aliphatic heterocycles. The molecule has 0 atom stereocenters. The maximum atomic E-state index is 11.6. The van der Waals surface area contributed by atoms with Crippen molar-refractivity contribution in [1.29, 1.82) is 0 Å². The Labute approximate surface area is 210 Å². The molecule has 36 heavy (non-hydrogen) atoms. The molecular weight excluding hydrogens is 454 g/mol. The van der Waals surface area contributed by atoms with E-state index < -0.39 is 5.97 Å². The number of carbonyl (C=O) groups excluding carboxylic acids is 1. The van der Waals surface area contributed by atoms with Crippen LogP contribution in [0.4, 0.5) is 0 Å². The van der Waals surface area contributed by atoms with Crippen molar-refractivity contribution in [2.75, 3.05) is 13.2 Å². The standard InChI is InChI=1S/C29H29N3O4/c1-6-35-26(34)16-36-23-11-12-24(25(33)15-23)29-31-27(21-9-7-17(2)19(4)13-21)30-28(32-29)22-10-8-18(3)20(5)14-22/h7-15,33H,6,16H2,1-5H3. The number of hydrogen-bond acceptors (Lipinski definition) is 7. The molecule has 7 heteroatoms. The number of carbonyl (C=O) groups is 1. The molecule has 4 rings (SSSR count). The fourth-order valence-corrected chi connectivity index (χ4v) is 3.65. The topological polar surface area (TPSA) is 94.4 Å². The van der Waals surface area contributed by atoms with Gasteiger partial charge in [0.05, 0.1) is 12.2 Å². The van der Waals surface area contributed by atoms with Crippen LogP contribution in [0.15, 0.2) is 54.6 Å². The number of aryl methyl sites for hydroxylation is 4. The number of esters is 1. The molecule has 0 bridgehead atoms. The van der Waals surface area contributed by atoms with Crippen LogP contribution in [-0.4, -0.2) is 39.2 Å². The number of phenols is 1. The van der Waals surface area contributed by atoms with Gasteiger partial charge in [-0.3, -0.25) is 0 Å². The molecule has 0 saturated heterocycles. The van der Waals surface area contributed by atoms with Gasteiger partial charge in [-0.05, 0) is 81.1 Å². The van der Waals surface area contributed by atoms with Crippen molar-refractivity contribution in [2.24, 2.45) is 0 Å². The van der Waals surface area contributed by atoms with Crippen LogP contribution < -0.4 is 4.74 Å². The summed E-state index contributed by atoms with van der Waals surface area (Å²) in [7, 11) is 0. The first-order valence-electron chi connectivity index (χ1n) is 11.8. The Kier molecular flexibility index (Phi) is 7.29. The summed E-state index contributed by atoms with van der Waals surface area (Å²) < 4.78 is 10.3. The van der Waals surface area contributed by atoms with Crippen LogP contribution in [0.2, 0.25) is 0 Å². The fraction of sp³-hybridized carbons (Fsp3) is 0.241. The van der Waals surface area contributed by atoms with Gasteiger partial charge in [0.15, 0.2) is 24.1 Å². The molecule has 1 aromatic heterocycles. The van der Waals surface area contributed by atoms with Crippen LogP contribution in [-0.2, 0) is 9.53 Å². The second kappa shape index (κ2) is 10.6. The second-order valence-electron chi connectivity index (χ2n) is 8.68. The minimum Gasteiger partial charge on any atom is -0.507 e. The van der Waals surface area contributed by atoms with E-state index in [1.165, 1.54) is 17.2 Å². The van der Waals surface area contributed by atoms with Crippen molar-refractivity contribution in [1.82, 2.24) is 15.0 Å². The van der Waals surface area contributed by atoms with Crippen LogP contribution in [0.25, 0.3) is 34.2 Å². The Bertz CT molecular complexity index is 1360. The number of aromatic hydroxyl groups is 1. The van der Waals surface area contributed by atoms with E-state index in [-0.39, 0.29) is 19.0 Å². The van der Waals surface area contributed by atoms with Crippen molar-refractivity contribution in [3.8, 4) is 45.7 Å². The van der Waals surface area contributed by atoms with Gasteiger partial charge >= 0.3 is 5.97 Å². The molecule has 0 unspecified atom stereocenters. The van der Waals surface area contributed by atoms with E-state index in [1.807, 2.05) is 50.2 Å². The lowest BCUT2D eigenvalue weighted by atomic mass is 10.0. The van der Waals surface area contributed by atoms with Crippen LogP contribution in [0.3, 0.4) is 0 Å². The van der Waals surface area contributed by atoms with Gasteiger partial charge < -0.3 is 14.6 Å². The largest absolute Gasteiger partial charge is 0.507 e. The molecule has 0 aliphatic rings. The summed E-state index contributed by atoms with van der Waals surface area (Å²) >= 11 is 0. The zero-order valence-corrected chi connectivity index (χ0v) is 21.1. The Hall–Kier alpha value is -4.26. The van der Waals surface area contributed by atoms with Crippen molar-refractivity contribution in [2.45, 2.75) is 34.6 Å². The van der Waals surface area contributed by atoms with E-state index in [0.717, 1.165) is 22.3 Å². The molecule has 4 aromatic rings. The van der Waals surface area contributed by atoms with Gasteiger partial charge in [0.25, 0.3) is 0 Å². The first-order chi connectivity index (χ1) is 17.2. The number of rotatable bonds is 7. The molecule has 0 spiro atoms. The van der Waals surface area contributed by atoms with E-state index >= 15 is 0 Å². The third kappa shape index (κ3) is 5.51. The van der Waals surface area contributed by atoms with E-state index in [1.54, 1.807) is 19.1 Å². The Morgan fingerprint density at radius 2 is 1.31 bits per heavy atom. The maximum absolute atomic E-state index is 11.6. The van der Waals surface area contributed by atoms with Crippen LogP contribution >= 0.6 is 0 Å². The zero-order valence-electron chi connectivity index (χ0n) is 21.1. The summed E-state index contributed by atoms with van der Waals surface area (Å²) in [4.78, 5) is 25.8.